The minimum absolute atomic E-state index is 0.640. The molecule has 4 nitrogen and oxygen atoms in total. The van der Waals surface area contributed by atoms with Crippen LogP contribution in [0.15, 0.2) is 30.3 Å². The van der Waals surface area contributed by atoms with Crippen LogP contribution in [0, 0.1) is 13.8 Å². The van der Waals surface area contributed by atoms with Crippen LogP contribution >= 0.6 is 0 Å². The topological polar surface area (TPSA) is 30.1 Å². The predicted octanol–water partition coefficient (Wildman–Crippen LogP) is 3.10. The molecule has 2 fully saturated rings. The zero-order chi connectivity index (χ0) is 15.1. The van der Waals surface area contributed by atoms with Crippen molar-refractivity contribution in [2.24, 2.45) is 0 Å². The van der Waals surface area contributed by atoms with Gasteiger partial charge >= 0.3 is 0 Å². The molecule has 2 aliphatic rings. The summed E-state index contributed by atoms with van der Waals surface area (Å²) in [4.78, 5) is 2.58. The summed E-state index contributed by atoms with van der Waals surface area (Å²) in [6, 6.07) is 11.8. The van der Waals surface area contributed by atoms with Gasteiger partial charge in [0.15, 0.2) is 0 Å². The highest BCUT2D eigenvalue weighted by Gasteiger charge is 2.42. The molecule has 0 N–H and O–H groups in total. The second kappa shape index (κ2) is 5.43. The van der Waals surface area contributed by atoms with Crippen LogP contribution < -0.4 is 4.74 Å². The van der Waals surface area contributed by atoms with Crippen LogP contribution in [0.1, 0.15) is 30.7 Å². The second-order valence-corrected chi connectivity index (χ2v) is 6.58. The van der Waals surface area contributed by atoms with Gasteiger partial charge in [0.1, 0.15) is 12.4 Å². The summed E-state index contributed by atoms with van der Waals surface area (Å²) >= 11 is 0. The Balaban J connectivity index is 1.35. The second-order valence-electron chi connectivity index (χ2n) is 6.58. The SMILES string of the molecule is Cc1cc(C)n(-c2ccc(OCC3CN3C3CCC3)cc2)n1. The molecule has 2 heterocycles. The summed E-state index contributed by atoms with van der Waals surface area (Å²) < 4.78 is 7.90. The fourth-order valence-corrected chi connectivity index (χ4v) is 3.28. The van der Waals surface area contributed by atoms with Gasteiger partial charge in [-0.1, -0.05) is 6.42 Å². The Morgan fingerprint density at radius 3 is 2.55 bits per heavy atom. The maximum Gasteiger partial charge on any atom is 0.119 e. The van der Waals surface area contributed by atoms with E-state index in [9.17, 15) is 0 Å². The maximum absolute atomic E-state index is 5.93. The lowest BCUT2D eigenvalue weighted by atomic mass is 9.93. The van der Waals surface area contributed by atoms with Gasteiger partial charge in [-0.25, -0.2) is 4.68 Å². The highest BCUT2D eigenvalue weighted by atomic mass is 16.5. The number of aryl methyl sites for hydroxylation is 2. The normalized spacial score (nSPS) is 24.1. The zero-order valence-corrected chi connectivity index (χ0v) is 13.3. The summed E-state index contributed by atoms with van der Waals surface area (Å²) in [6.45, 7) is 6.13. The quantitative estimate of drug-likeness (QED) is 0.794. The molecular formula is C18H23N3O. The molecule has 0 bridgehead atoms. The Hall–Kier alpha value is -1.81. The number of nitrogens with zero attached hydrogens (tertiary/aromatic N) is 3. The highest BCUT2D eigenvalue weighted by molar-refractivity contribution is 5.38. The van der Waals surface area contributed by atoms with E-state index in [1.54, 1.807) is 0 Å². The number of benzene rings is 1. The Morgan fingerprint density at radius 1 is 1.18 bits per heavy atom. The molecule has 22 heavy (non-hydrogen) atoms. The van der Waals surface area contributed by atoms with Crippen molar-refractivity contribution in [2.45, 2.75) is 45.2 Å². The average Bonchev–Trinajstić information content (AvgIpc) is 3.11. The molecule has 4 heteroatoms. The standard InChI is InChI=1S/C18H23N3O/c1-13-10-14(2)21(19-13)16-6-8-18(9-7-16)22-12-17-11-20(17)15-4-3-5-15/h6-10,15,17H,3-5,11-12H2,1-2H3. The summed E-state index contributed by atoms with van der Waals surface area (Å²) in [5.41, 5.74) is 3.28. The molecule has 116 valence electrons. The summed E-state index contributed by atoms with van der Waals surface area (Å²) in [5.74, 6) is 0.950. The van der Waals surface area contributed by atoms with Gasteiger partial charge in [0.25, 0.3) is 0 Å². The first-order valence-electron chi connectivity index (χ1n) is 8.23. The largest absolute Gasteiger partial charge is 0.492 e. The highest BCUT2D eigenvalue weighted by Crippen LogP contribution is 2.33. The van der Waals surface area contributed by atoms with Gasteiger partial charge in [-0.3, -0.25) is 4.90 Å². The number of hydrogen-bond donors (Lipinski definition) is 0. The molecule has 0 amide bonds. The van der Waals surface area contributed by atoms with Crippen LogP contribution in [0.5, 0.6) is 5.75 Å². The van der Waals surface area contributed by atoms with Crippen LogP contribution in [-0.4, -0.2) is 39.9 Å². The molecule has 0 radical (unpaired) electrons. The van der Waals surface area contributed by atoms with E-state index in [1.807, 2.05) is 23.7 Å². The van der Waals surface area contributed by atoms with Crippen molar-refractivity contribution in [1.29, 1.82) is 0 Å². The van der Waals surface area contributed by atoms with Gasteiger partial charge in [-0.15, -0.1) is 0 Å². The third-order valence-corrected chi connectivity index (χ3v) is 4.83. The lowest BCUT2D eigenvalue weighted by Gasteiger charge is -2.27. The zero-order valence-electron chi connectivity index (χ0n) is 13.3. The predicted molar refractivity (Wildman–Crippen MR) is 86.7 cm³/mol. The molecule has 1 aromatic carbocycles. The Bertz CT molecular complexity index is 657. The molecule has 0 spiro atoms. The third-order valence-electron chi connectivity index (χ3n) is 4.83. The lowest BCUT2D eigenvalue weighted by Crippen LogP contribution is -2.29. The molecule has 1 aliphatic heterocycles. The van der Waals surface area contributed by atoms with Gasteiger partial charge in [-0.2, -0.15) is 5.10 Å². The molecule has 2 unspecified atom stereocenters. The Morgan fingerprint density at radius 2 is 1.95 bits per heavy atom. The minimum atomic E-state index is 0.640. The van der Waals surface area contributed by atoms with E-state index in [0.717, 1.165) is 35.5 Å². The van der Waals surface area contributed by atoms with E-state index < -0.39 is 0 Å². The van der Waals surface area contributed by atoms with Crippen molar-refractivity contribution in [2.75, 3.05) is 13.2 Å². The van der Waals surface area contributed by atoms with Gasteiger partial charge in [-0.05, 0) is 57.0 Å². The van der Waals surface area contributed by atoms with Gasteiger partial charge in [0, 0.05) is 18.3 Å². The molecule has 1 saturated carbocycles. The first-order chi connectivity index (χ1) is 10.7. The number of rotatable bonds is 5. The van der Waals surface area contributed by atoms with Gasteiger partial charge in [0.2, 0.25) is 0 Å². The van der Waals surface area contributed by atoms with Crippen LogP contribution in [0.4, 0.5) is 0 Å². The van der Waals surface area contributed by atoms with E-state index in [-0.39, 0.29) is 0 Å². The third kappa shape index (κ3) is 2.63. The molecular weight excluding hydrogens is 274 g/mol. The maximum atomic E-state index is 5.93. The van der Waals surface area contributed by atoms with Gasteiger partial charge < -0.3 is 4.74 Å². The monoisotopic (exact) mass is 297 g/mol. The first-order valence-corrected chi connectivity index (χ1v) is 8.23. The van der Waals surface area contributed by atoms with E-state index in [2.05, 4.69) is 35.1 Å². The van der Waals surface area contributed by atoms with Crippen molar-refractivity contribution < 1.29 is 4.74 Å². The molecule has 1 aromatic heterocycles. The van der Waals surface area contributed by atoms with E-state index in [0.29, 0.717) is 6.04 Å². The summed E-state index contributed by atoms with van der Waals surface area (Å²) in [7, 11) is 0. The Kier molecular flexibility index (Phi) is 3.41. The lowest BCUT2D eigenvalue weighted by molar-refractivity contribution is 0.215. The van der Waals surface area contributed by atoms with E-state index in [4.69, 9.17) is 4.74 Å². The first kappa shape index (κ1) is 13.8. The smallest absolute Gasteiger partial charge is 0.119 e. The molecule has 2 aromatic rings. The van der Waals surface area contributed by atoms with E-state index in [1.165, 1.54) is 25.8 Å². The molecule has 1 aliphatic carbocycles. The number of ether oxygens (including phenoxy) is 1. The Labute approximate surface area is 131 Å². The minimum Gasteiger partial charge on any atom is -0.492 e. The van der Waals surface area contributed by atoms with Crippen molar-refractivity contribution >= 4 is 0 Å². The average molecular weight is 297 g/mol. The van der Waals surface area contributed by atoms with Gasteiger partial charge in [0.05, 0.1) is 17.4 Å². The molecule has 1 saturated heterocycles. The van der Waals surface area contributed by atoms with Crippen LogP contribution in [0.25, 0.3) is 5.69 Å². The fourth-order valence-electron chi connectivity index (χ4n) is 3.28. The summed E-state index contributed by atoms with van der Waals surface area (Å²) in [6.07, 6.45) is 4.17. The fraction of sp³-hybridized carbons (Fsp3) is 0.500. The van der Waals surface area contributed by atoms with Crippen LogP contribution in [0.2, 0.25) is 0 Å². The van der Waals surface area contributed by atoms with Crippen molar-refractivity contribution in [3.05, 3.63) is 41.7 Å². The number of aromatic nitrogens is 2. The van der Waals surface area contributed by atoms with Crippen molar-refractivity contribution in [3.8, 4) is 11.4 Å². The molecule has 2 atom stereocenters. The van der Waals surface area contributed by atoms with Crippen LogP contribution in [-0.2, 0) is 0 Å². The van der Waals surface area contributed by atoms with Crippen LogP contribution in [0.3, 0.4) is 0 Å². The summed E-state index contributed by atoms with van der Waals surface area (Å²) in [5, 5.41) is 4.51. The molecule has 4 rings (SSSR count). The number of hydrogen-bond acceptors (Lipinski definition) is 3. The van der Waals surface area contributed by atoms with E-state index >= 15 is 0 Å². The van der Waals surface area contributed by atoms with Crippen molar-refractivity contribution in [1.82, 2.24) is 14.7 Å². The van der Waals surface area contributed by atoms with Crippen molar-refractivity contribution in [3.63, 3.8) is 0 Å².